The lowest BCUT2D eigenvalue weighted by Crippen LogP contribution is -2.45. The summed E-state index contributed by atoms with van der Waals surface area (Å²) < 4.78 is 0. The molecular formula is C45H91NO3. The van der Waals surface area contributed by atoms with Crippen molar-refractivity contribution in [2.75, 3.05) is 6.61 Å². The van der Waals surface area contributed by atoms with Gasteiger partial charge in [0.1, 0.15) is 0 Å². The van der Waals surface area contributed by atoms with E-state index in [4.69, 9.17) is 0 Å². The van der Waals surface area contributed by atoms with Crippen LogP contribution in [0.5, 0.6) is 0 Å². The lowest BCUT2D eigenvalue weighted by atomic mass is 10.0. The Labute approximate surface area is 308 Å². The molecule has 0 saturated heterocycles. The van der Waals surface area contributed by atoms with E-state index in [1.54, 1.807) is 0 Å². The van der Waals surface area contributed by atoms with E-state index in [-0.39, 0.29) is 12.5 Å². The normalized spacial score (nSPS) is 12.8. The van der Waals surface area contributed by atoms with Crippen LogP contribution in [0.15, 0.2) is 0 Å². The van der Waals surface area contributed by atoms with Crippen molar-refractivity contribution in [2.24, 2.45) is 0 Å². The summed E-state index contributed by atoms with van der Waals surface area (Å²) in [6.07, 6.45) is 50.4. The summed E-state index contributed by atoms with van der Waals surface area (Å²) in [5.41, 5.74) is 0. The van der Waals surface area contributed by atoms with Crippen LogP contribution < -0.4 is 5.32 Å². The minimum absolute atomic E-state index is 0.0251. The Morgan fingerprint density at radius 2 is 0.653 bits per heavy atom. The largest absolute Gasteiger partial charge is 0.394 e. The highest BCUT2D eigenvalue weighted by atomic mass is 16.3. The van der Waals surface area contributed by atoms with Crippen LogP contribution >= 0.6 is 0 Å². The van der Waals surface area contributed by atoms with Gasteiger partial charge in [-0.25, -0.2) is 0 Å². The van der Waals surface area contributed by atoms with Crippen LogP contribution in [0.3, 0.4) is 0 Å². The number of aliphatic hydroxyl groups excluding tert-OH is 2. The molecule has 0 fully saturated rings. The van der Waals surface area contributed by atoms with Gasteiger partial charge in [-0.05, 0) is 12.8 Å². The van der Waals surface area contributed by atoms with E-state index in [1.165, 1.54) is 212 Å². The number of hydrogen-bond donors (Lipinski definition) is 3. The predicted octanol–water partition coefficient (Wildman–Crippen LogP) is 14.1. The quantitative estimate of drug-likeness (QED) is 0.0557. The van der Waals surface area contributed by atoms with Crippen LogP contribution in [-0.2, 0) is 4.79 Å². The predicted molar refractivity (Wildman–Crippen MR) is 216 cm³/mol. The Hall–Kier alpha value is -0.610. The van der Waals surface area contributed by atoms with Crippen molar-refractivity contribution in [1.29, 1.82) is 0 Å². The fourth-order valence-corrected chi connectivity index (χ4v) is 7.36. The van der Waals surface area contributed by atoms with E-state index in [1.807, 2.05) is 0 Å². The molecule has 0 bridgehead atoms. The highest BCUT2D eigenvalue weighted by Crippen LogP contribution is 2.17. The molecule has 0 aromatic heterocycles. The van der Waals surface area contributed by atoms with Crippen molar-refractivity contribution < 1.29 is 15.0 Å². The lowest BCUT2D eigenvalue weighted by Gasteiger charge is -2.22. The van der Waals surface area contributed by atoms with Gasteiger partial charge in [0.15, 0.2) is 0 Å². The molecule has 0 heterocycles. The zero-order valence-corrected chi connectivity index (χ0v) is 33.7. The molecule has 0 rings (SSSR count). The summed E-state index contributed by atoms with van der Waals surface area (Å²) in [5, 5.41) is 23.2. The van der Waals surface area contributed by atoms with Gasteiger partial charge in [0.05, 0.1) is 18.8 Å². The van der Waals surface area contributed by atoms with Crippen LogP contribution in [0, 0.1) is 0 Å². The van der Waals surface area contributed by atoms with Gasteiger partial charge < -0.3 is 15.5 Å². The summed E-state index contributed by atoms with van der Waals surface area (Å²) in [4.78, 5) is 12.4. The van der Waals surface area contributed by atoms with Crippen LogP contribution in [-0.4, -0.2) is 34.9 Å². The van der Waals surface area contributed by atoms with Crippen molar-refractivity contribution >= 4 is 5.91 Å². The summed E-state index contributed by atoms with van der Waals surface area (Å²) in [6, 6.07) is -0.529. The Morgan fingerprint density at radius 3 is 0.918 bits per heavy atom. The fraction of sp³-hybridized carbons (Fsp3) is 0.978. The van der Waals surface area contributed by atoms with Crippen molar-refractivity contribution in [3.8, 4) is 0 Å². The summed E-state index contributed by atoms with van der Waals surface area (Å²) >= 11 is 0. The number of amides is 1. The Morgan fingerprint density at radius 1 is 0.408 bits per heavy atom. The maximum absolute atomic E-state index is 12.4. The standard InChI is InChI=1S/C45H91NO3/c1-3-5-7-9-11-13-15-17-19-21-22-23-25-27-29-31-33-35-37-39-41-45(49)46-43(42-47)44(48)40-38-36-34-32-30-28-26-24-20-18-16-14-12-10-8-6-4-2/h43-44,47-48H,3-42H2,1-2H3,(H,46,49)/t43-,44+/m0/s1. The molecule has 1 amide bonds. The van der Waals surface area contributed by atoms with E-state index >= 15 is 0 Å². The molecule has 0 saturated carbocycles. The zero-order valence-electron chi connectivity index (χ0n) is 33.7. The van der Waals surface area contributed by atoms with Crippen molar-refractivity contribution in [3.05, 3.63) is 0 Å². The van der Waals surface area contributed by atoms with Gasteiger partial charge in [0.25, 0.3) is 0 Å². The fourth-order valence-electron chi connectivity index (χ4n) is 7.36. The Balaban J connectivity index is 3.46. The molecule has 0 spiro atoms. The molecular weight excluding hydrogens is 602 g/mol. The van der Waals surface area contributed by atoms with E-state index in [9.17, 15) is 15.0 Å². The first-order valence-electron chi connectivity index (χ1n) is 22.7. The first-order chi connectivity index (χ1) is 24.2. The van der Waals surface area contributed by atoms with Gasteiger partial charge in [-0.1, -0.05) is 245 Å². The van der Waals surface area contributed by atoms with E-state index in [0.717, 1.165) is 25.7 Å². The topological polar surface area (TPSA) is 69.6 Å². The second-order valence-electron chi connectivity index (χ2n) is 15.8. The van der Waals surface area contributed by atoms with E-state index < -0.39 is 12.1 Å². The first kappa shape index (κ1) is 48.4. The molecule has 4 heteroatoms. The van der Waals surface area contributed by atoms with Crippen molar-refractivity contribution in [3.63, 3.8) is 0 Å². The van der Waals surface area contributed by atoms with Crippen molar-refractivity contribution in [2.45, 2.75) is 276 Å². The van der Waals surface area contributed by atoms with Gasteiger partial charge in [-0.15, -0.1) is 0 Å². The number of carbonyl (C=O) groups excluding carboxylic acids is 1. The highest BCUT2D eigenvalue weighted by Gasteiger charge is 2.20. The first-order valence-corrected chi connectivity index (χ1v) is 22.7. The third-order valence-corrected chi connectivity index (χ3v) is 10.9. The van der Waals surface area contributed by atoms with Gasteiger partial charge in [0, 0.05) is 6.42 Å². The van der Waals surface area contributed by atoms with E-state index in [0.29, 0.717) is 12.8 Å². The Kier molecular flexibility index (Phi) is 41.3. The average molecular weight is 694 g/mol. The molecule has 0 unspecified atom stereocenters. The molecule has 49 heavy (non-hydrogen) atoms. The maximum atomic E-state index is 12.4. The number of nitrogens with one attached hydrogen (secondary N) is 1. The number of unbranched alkanes of at least 4 members (excludes halogenated alkanes) is 35. The van der Waals surface area contributed by atoms with Gasteiger partial charge >= 0.3 is 0 Å². The molecule has 2 atom stereocenters. The SMILES string of the molecule is CCCCCCCCCCCCCCCCCCCCCCC(=O)N[C@@H](CO)[C@H](O)CCCCCCCCCCCCCCCCCCC. The molecule has 0 aliphatic rings. The van der Waals surface area contributed by atoms with E-state index in [2.05, 4.69) is 19.2 Å². The smallest absolute Gasteiger partial charge is 0.220 e. The van der Waals surface area contributed by atoms with Crippen LogP contribution in [0.1, 0.15) is 264 Å². The second kappa shape index (κ2) is 41.8. The molecule has 0 radical (unpaired) electrons. The summed E-state index contributed by atoms with van der Waals surface area (Å²) in [6.45, 7) is 4.39. The van der Waals surface area contributed by atoms with Gasteiger partial charge in [0.2, 0.25) is 5.91 Å². The van der Waals surface area contributed by atoms with Crippen LogP contribution in [0.2, 0.25) is 0 Å². The third kappa shape index (κ3) is 38.5. The molecule has 3 N–H and O–H groups in total. The van der Waals surface area contributed by atoms with Crippen LogP contribution in [0.4, 0.5) is 0 Å². The molecule has 0 aromatic carbocycles. The second-order valence-corrected chi connectivity index (χ2v) is 15.8. The molecule has 0 aliphatic carbocycles. The van der Waals surface area contributed by atoms with Gasteiger partial charge in [-0.2, -0.15) is 0 Å². The lowest BCUT2D eigenvalue weighted by molar-refractivity contribution is -0.123. The molecule has 294 valence electrons. The zero-order chi connectivity index (χ0) is 35.7. The van der Waals surface area contributed by atoms with Gasteiger partial charge in [-0.3, -0.25) is 4.79 Å². The number of aliphatic hydroxyl groups is 2. The number of hydrogen-bond acceptors (Lipinski definition) is 3. The molecule has 0 aliphatic heterocycles. The average Bonchev–Trinajstić information content (AvgIpc) is 3.10. The molecule has 0 aromatic rings. The molecule has 4 nitrogen and oxygen atoms in total. The minimum Gasteiger partial charge on any atom is -0.394 e. The summed E-state index contributed by atoms with van der Waals surface area (Å²) in [7, 11) is 0. The summed E-state index contributed by atoms with van der Waals surface area (Å²) in [5.74, 6) is -0.0251. The Bertz CT molecular complexity index is 626. The van der Waals surface area contributed by atoms with Crippen LogP contribution in [0.25, 0.3) is 0 Å². The monoisotopic (exact) mass is 694 g/mol. The van der Waals surface area contributed by atoms with Crippen molar-refractivity contribution in [1.82, 2.24) is 5.32 Å². The minimum atomic E-state index is -0.653. The number of carbonyl (C=O) groups is 1. The highest BCUT2D eigenvalue weighted by molar-refractivity contribution is 5.76. The third-order valence-electron chi connectivity index (χ3n) is 10.9. The number of rotatable bonds is 42. The maximum Gasteiger partial charge on any atom is 0.220 e.